The lowest BCUT2D eigenvalue weighted by Crippen LogP contribution is -2.46. The van der Waals surface area contributed by atoms with Crippen molar-refractivity contribution in [1.29, 1.82) is 0 Å². The van der Waals surface area contributed by atoms with Gasteiger partial charge in [-0.3, -0.25) is 19.4 Å². The van der Waals surface area contributed by atoms with E-state index >= 15 is 0 Å². The fourth-order valence-corrected chi connectivity index (χ4v) is 4.62. The lowest BCUT2D eigenvalue weighted by molar-refractivity contribution is 0.0956. The third kappa shape index (κ3) is 8.21. The van der Waals surface area contributed by atoms with E-state index in [9.17, 15) is 9.59 Å². The maximum Gasteiger partial charge on any atom is 0.273 e. The van der Waals surface area contributed by atoms with Crippen molar-refractivity contribution in [1.82, 2.24) is 15.2 Å². The number of rotatable bonds is 10. The largest absolute Gasteiger partial charge is 0.497 e. The molecule has 1 aliphatic heterocycles. The quantitative estimate of drug-likeness (QED) is 0.245. The zero-order chi connectivity index (χ0) is 27.6. The number of amides is 2. The Morgan fingerprint density at radius 2 is 1.67 bits per heavy atom. The Balaban J connectivity index is 1.35. The van der Waals surface area contributed by atoms with Crippen molar-refractivity contribution < 1.29 is 19.4 Å². The molecule has 1 fully saturated rings. The van der Waals surface area contributed by atoms with Crippen LogP contribution < -0.4 is 15.5 Å². The topological polar surface area (TPSA) is 106 Å². The van der Waals surface area contributed by atoms with Crippen LogP contribution in [-0.4, -0.2) is 79.4 Å². The number of nitrogens with zero attached hydrogens (tertiary/aromatic N) is 3. The third-order valence-corrected chi connectivity index (χ3v) is 6.97. The van der Waals surface area contributed by atoms with Gasteiger partial charge in [-0.2, -0.15) is 5.10 Å². The van der Waals surface area contributed by atoms with Crippen molar-refractivity contribution in [2.75, 3.05) is 51.8 Å². The predicted octanol–water partition coefficient (Wildman–Crippen LogP) is 3.58. The van der Waals surface area contributed by atoms with Gasteiger partial charge in [0.2, 0.25) is 0 Å². The average Bonchev–Trinajstić information content (AvgIpc) is 2.96. The summed E-state index contributed by atoms with van der Waals surface area (Å²) >= 11 is 3.39. The van der Waals surface area contributed by atoms with Gasteiger partial charge in [0.05, 0.1) is 31.2 Å². The van der Waals surface area contributed by atoms with Gasteiger partial charge in [0.1, 0.15) is 5.75 Å². The van der Waals surface area contributed by atoms with E-state index in [1.807, 2.05) is 24.3 Å². The SMILES string of the molecule is COc1ccc(C=NNC(=O)c2cc(Br)ccc2NC(=O)c2ccc(CN3CCN(CCO)CC3)cc2)cc1. The lowest BCUT2D eigenvalue weighted by atomic mass is 10.1. The number of piperazine rings is 1. The van der Waals surface area contributed by atoms with Crippen LogP contribution in [0, 0.1) is 0 Å². The van der Waals surface area contributed by atoms with Gasteiger partial charge in [0.15, 0.2) is 0 Å². The maximum atomic E-state index is 13.0. The van der Waals surface area contributed by atoms with E-state index in [4.69, 9.17) is 9.84 Å². The number of carbonyl (C=O) groups is 2. The fourth-order valence-electron chi connectivity index (χ4n) is 4.26. The molecule has 3 N–H and O–H groups in total. The minimum absolute atomic E-state index is 0.189. The van der Waals surface area contributed by atoms with E-state index in [2.05, 4.69) is 41.6 Å². The van der Waals surface area contributed by atoms with Crippen molar-refractivity contribution in [3.05, 3.63) is 93.5 Å². The van der Waals surface area contributed by atoms with Crippen LogP contribution in [0.25, 0.3) is 0 Å². The Kier molecular flexibility index (Phi) is 10.2. The Morgan fingerprint density at radius 1 is 0.974 bits per heavy atom. The van der Waals surface area contributed by atoms with Gasteiger partial charge in [-0.1, -0.05) is 28.1 Å². The molecule has 0 aromatic heterocycles. The molecule has 1 aliphatic rings. The number of aliphatic hydroxyl groups excluding tert-OH is 1. The molecular formula is C29H32BrN5O4. The summed E-state index contributed by atoms with van der Waals surface area (Å²) in [6.45, 7) is 5.49. The number of ether oxygens (including phenoxy) is 1. The number of methoxy groups -OCH3 is 1. The number of nitrogens with one attached hydrogen (secondary N) is 2. The summed E-state index contributed by atoms with van der Waals surface area (Å²) in [7, 11) is 1.60. The standard InChI is InChI=1S/C29H32BrN5O4/c1-39-25-9-4-21(5-10-25)19-31-33-29(38)26-18-24(30)8-11-27(26)32-28(37)23-6-2-22(3-7-23)20-35-14-12-34(13-15-35)16-17-36/h2-11,18-19,36H,12-17,20H2,1H3,(H,32,37)(H,33,38). The van der Waals surface area contributed by atoms with Crippen molar-refractivity contribution in [2.24, 2.45) is 5.10 Å². The molecule has 3 aromatic rings. The van der Waals surface area contributed by atoms with Crippen LogP contribution in [0.3, 0.4) is 0 Å². The highest BCUT2D eigenvalue weighted by Crippen LogP contribution is 2.22. The number of benzene rings is 3. The molecule has 4 rings (SSSR count). The molecule has 0 saturated carbocycles. The molecule has 1 saturated heterocycles. The molecule has 10 heteroatoms. The number of hydrogen-bond acceptors (Lipinski definition) is 7. The van der Waals surface area contributed by atoms with Crippen LogP contribution in [0.1, 0.15) is 31.8 Å². The second kappa shape index (κ2) is 14.0. The number of aliphatic hydroxyl groups is 1. The third-order valence-electron chi connectivity index (χ3n) is 6.47. The van der Waals surface area contributed by atoms with Crippen LogP contribution in [0.2, 0.25) is 0 Å². The summed E-state index contributed by atoms with van der Waals surface area (Å²) < 4.78 is 5.84. The molecule has 2 amide bonds. The van der Waals surface area contributed by atoms with Crippen LogP contribution in [0.4, 0.5) is 5.69 Å². The van der Waals surface area contributed by atoms with E-state index in [1.165, 1.54) is 6.21 Å². The molecular weight excluding hydrogens is 562 g/mol. The van der Waals surface area contributed by atoms with E-state index in [-0.39, 0.29) is 18.1 Å². The van der Waals surface area contributed by atoms with Gasteiger partial charge in [0.25, 0.3) is 11.8 Å². The summed E-state index contributed by atoms with van der Waals surface area (Å²) in [4.78, 5) is 30.5. The number of anilines is 1. The van der Waals surface area contributed by atoms with Crippen LogP contribution in [0.15, 0.2) is 76.3 Å². The fraction of sp³-hybridized carbons (Fsp3) is 0.276. The van der Waals surface area contributed by atoms with Gasteiger partial charge in [-0.05, 0) is 65.7 Å². The number of carbonyl (C=O) groups excluding carboxylic acids is 2. The lowest BCUT2D eigenvalue weighted by Gasteiger charge is -2.34. The summed E-state index contributed by atoms with van der Waals surface area (Å²) in [6, 6.07) is 19.8. The van der Waals surface area contributed by atoms with Crippen LogP contribution >= 0.6 is 15.9 Å². The number of hydrazone groups is 1. The van der Waals surface area contributed by atoms with Crippen molar-refractivity contribution in [3.8, 4) is 5.75 Å². The normalized spacial score (nSPS) is 14.3. The number of halogens is 1. The molecule has 0 bridgehead atoms. The summed E-state index contributed by atoms with van der Waals surface area (Å²) in [5, 5.41) is 16.0. The summed E-state index contributed by atoms with van der Waals surface area (Å²) in [5.74, 6) is -0.0308. The Hall–Kier alpha value is -3.57. The molecule has 39 heavy (non-hydrogen) atoms. The minimum Gasteiger partial charge on any atom is -0.497 e. The van der Waals surface area contributed by atoms with Crippen molar-refractivity contribution >= 4 is 39.6 Å². The molecule has 3 aromatic carbocycles. The van der Waals surface area contributed by atoms with Crippen molar-refractivity contribution in [3.63, 3.8) is 0 Å². The summed E-state index contributed by atoms with van der Waals surface area (Å²) in [5.41, 5.74) is 5.60. The number of hydrogen-bond donors (Lipinski definition) is 3. The Bertz CT molecular complexity index is 1290. The number of β-amino-alcohol motifs (C(OH)–C–C–N with tert-alkyl or cyclic N) is 1. The molecule has 0 atom stereocenters. The van der Waals surface area contributed by atoms with E-state index in [0.717, 1.165) is 56.1 Å². The maximum absolute atomic E-state index is 13.0. The average molecular weight is 595 g/mol. The highest BCUT2D eigenvalue weighted by Gasteiger charge is 2.18. The van der Waals surface area contributed by atoms with Gasteiger partial charge >= 0.3 is 0 Å². The highest BCUT2D eigenvalue weighted by atomic mass is 79.9. The van der Waals surface area contributed by atoms with Crippen LogP contribution in [0.5, 0.6) is 5.75 Å². The molecule has 204 valence electrons. The monoisotopic (exact) mass is 593 g/mol. The molecule has 0 aliphatic carbocycles. The van der Waals surface area contributed by atoms with Gasteiger partial charge in [-0.15, -0.1) is 0 Å². The molecule has 9 nitrogen and oxygen atoms in total. The van der Waals surface area contributed by atoms with Gasteiger partial charge in [0, 0.05) is 49.3 Å². The van der Waals surface area contributed by atoms with Gasteiger partial charge < -0.3 is 15.2 Å². The first-order valence-electron chi connectivity index (χ1n) is 12.7. The second-order valence-corrected chi connectivity index (χ2v) is 10.1. The van der Waals surface area contributed by atoms with Crippen LogP contribution in [-0.2, 0) is 6.54 Å². The first-order chi connectivity index (χ1) is 18.9. The molecule has 0 spiro atoms. The molecule has 1 heterocycles. The van der Waals surface area contributed by atoms with Gasteiger partial charge in [-0.25, -0.2) is 5.43 Å². The first kappa shape index (κ1) is 28.4. The second-order valence-electron chi connectivity index (χ2n) is 9.15. The first-order valence-corrected chi connectivity index (χ1v) is 13.5. The van der Waals surface area contributed by atoms with E-state index in [1.54, 1.807) is 49.6 Å². The Labute approximate surface area is 236 Å². The Morgan fingerprint density at radius 3 is 2.33 bits per heavy atom. The van der Waals surface area contributed by atoms with E-state index < -0.39 is 5.91 Å². The van der Waals surface area contributed by atoms with E-state index in [0.29, 0.717) is 15.7 Å². The summed E-state index contributed by atoms with van der Waals surface area (Å²) in [6.07, 6.45) is 1.53. The smallest absolute Gasteiger partial charge is 0.273 e. The zero-order valence-corrected chi connectivity index (χ0v) is 23.4. The minimum atomic E-state index is -0.453. The predicted molar refractivity (Wildman–Crippen MR) is 155 cm³/mol. The molecule has 0 unspecified atom stereocenters. The highest BCUT2D eigenvalue weighted by molar-refractivity contribution is 9.10. The molecule has 0 radical (unpaired) electrons. The zero-order valence-electron chi connectivity index (χ0n) is 21.8. The van der Waals surface area contributed by atoms with Crippen molar-refractivity contribution in [2.45, 2.75) is 6.54 Å².